The van der Waals surface area contributed by atoms with Crippen molar-refractivity contribution in [2.45, 2.75) is 13.8 Å². The van der Waals surface area contributed by atoms with Crippen LogP contribution >= 0.6 is 0 Å². The van der Waals surface area contributed by atoms with Crippen molar-refractivity contribution in [2.24, 2.45) is 0 Å². The molecule has 54 heavy (non-hydrogen) atoms. The number of pyridine rings is 1. The lowest BCUT2D eigenvalue weighted by molar-refractivity contribution is 1.09. The normalized spacial score (nSPS) is 11.5. The molecule has 10 rings (SSSR count). The molecular weight excluding hydrogens is 657 g/mol. The van der Waals surface area contributed by atoms with Crippen molar-refractivity contribution in [3.63, 3.8) is 0 Å². The molecule has 4 nitrogen and oxygen atoms in total. The quantitative estimate of drug-likeness (QED) is 0.180. The van der Waals surface area contributed by atoms with Crippen molar-refractivity contribution in [1.82, 2.24) is 14.1 Å². The summed E-state index contributed by atoms with van der Waals surface area (Å²) in [5.41, 5.74) is 16.0. The van der Waals surface area contributed by atoms with Crippen molar-refractivity contribution in [1.29, 1.82) is 5.26 Å². The van der Waals surface area contributed by atoms with E-state index in [0.29, 0.717) is 5.56 Å². The summed E-state index contributed by atoms with van der Waals surface area (Å²) in [6, 6.07) is 58.5. The summed E-state index contributed by atoms with van der Waals surface area (Å²) in [5, 5.41) is 14.8. The number of hydrogen-bond acceptors (Lipinski definition) is 2. The third-order valence-corrected chi connectivity index (χ3v) is 10.8. The molecule has 0 bridgehead atoms. The third kappa shape index (κ3) is 5.02. The molecule has 0 aliphatic carbocycles. The van der Waals surface area contributed by atoms with Gasteiger partial charge in [-0.25, -0.2) is 0 Å². The Labute approximate surface area is 313 Å². The minimum absolute atomic E-state index is 0.608. The average molecular weight is 691 g/mol. The first-order chi connectivity index (χ1) is 26.6. The molecule has 7 aromatic carbocycles. The van der Waals surface area contributed by atoms with Crippen molar-refractivity contribution in [3.05, 3.63) is 187 Å². The van der Waals surface area contributed by atoms with Crippen LogP contribution in [0.3, 0.4) is 0 Å². The van der Waals surface area contributed by atoms with Gasteiger partial charge in [0.2, 0.25) is 0 Å². The smallest absolute Gasteiger partial charge is 0.0991 e. The molecule has 0 radical (unpaired) electrons. The molecule has 0 saturated carbocycles. The van der Waals surface area contributed by atoms with Gasteiger partial charge >= 0.3 is 0 Å². The summed E-state index contributed by atoms with van der Waals surface area (Å²) in [6.45, 7) is 4.24. The highest BCUT2D eigenvalue weighted by Gasteiger charge is 2.23. The van der Waals surface area contributed by atoms with Gasteiger partial charge in [0.05, 0.1) is 57.5 Å². The second kappa shape index (κ2) is 12.5. The second-order valence-electron chi connectivity index (χ2n) is 14.1. The van der Waals surface area contributed by atoms with Gasteiger partial charge in [-0.3, -0.25) is 4.98 Å². The van der Waals surface area contributed by atoms with E-state index < -0.39 is 0 Å². The molecule has 0 fully saturated rings. The van der Waals surface area contributed by atoms with Gasteiger partial charge in [0, 0.05) is 27.1 Å². The third-order valence-electron chi connectivity index (χ3n) is 10.8. The van der Waals surface area contributed by atoms with Crippen molar-refractivity contribution in [3.8, 4) is 50.8 Å². The summed E-state index contributed by atoms with van der Waals surface area (Å²) in [5.74, 6) is 0. The molecule has 0 N–H and O–H groups in total. The van der Waals surface area contributed by atoms with Crippen LogP contribution in [0.25, 0.3) is 88.4 Å². The SMILES string of the molecule is Cc1ccc(-c2ccc3c(c2)c2ccccc2n3-c2cncc(-n3c4ccccc4c4cc(-c5ccc(C)cc5)ccc43)c2-c2cccc(C#N)c2)cc1. The Morgan fingerprint density at radius 3 is 1.39 bits per heavy atom. The number of fused-ring (bicyclic) bond motifs is 6. The monoisotopic (exact) mass is 690 g/mol. The Morgan fingerprint density at radius 2 is 0.889 bits per heavy atom. The number of aryl methyl sites for hydroxylation is 2. The lowest BCUT2D eigenvalue weighted by atomic mass is 10.00. The Morgan fingerprint density at radius 1 is 0.426 bits per heavy atom. The molecular formula is C50H34N4. The van der Waals surface area contributed by atoms with Gasteiger partial charge in [0.25, 0.3) is 0 Å². The van der Waals surface area contributed by atoms with Crippen molar-refractivity contribution < 1.29 is 0 Å². The van der Waals surface area contributed by atoms with Gasteiger partial charge in [-0.15, -0.1) is 0 Å². The van der Waals surface area contributed by atoms with Crippen molar-refractivity contribution in [2.75, 3.05) is 0 Å². The molecule has 10 aromatic rings. The highest BCUT2D eigenvalue weighted by atomic mass is 15.0. The van der Waals surface area contributed by atoms with E-state index in [0.717, 1.165) is 44.6 Å². The fraction of sp³-hybridized carbons (Fsp3) is 0.0400. The van der Waals surface area contributed by atoms with Crippen LogP contribution in [-0.2, 0) is 0 Å². The number of nitriles is 1. The first-order valence-corrected chi connectivity index (χ1v) is 18.3. The lowest BCUT2D eigenvalue weighted by Gasteiger charge is -2.19. The molecule has 0 amide bonds. The van der Waals surface area contributed by atoms with Crippen LogP contribution in [-0.4, -0.2) is 14.1 Å². The zero-order chi connectivity index (χ0) is 36.3. The molecule has 0 saturated heterocycles. The Hall–Kier alpha value is -7.22. The number of rotatable bonds is 5. The molecule has 3 heterocycles. The van der Waals surface area contributed by atoms with Crippen LogP contribution in [0.5, 0.6) is 0 Å². The van der Waals surface area contributed by atoms with E-state index in [9.17, 15) is 5.26 Å². The van der Waals surface area contributed by atoms with Gasteiger partial charge in [-0.1, -0.05) is 120 Å². The number of aromatic nitrogens is 3. The summed E-state index contributed by atoms with van der Waals surface area (Å²) in [6.07, 6.45) is 3.95. The molecule has 254 valence electrons. The maximum absolute atomic E-state index is 10.1. The van der Waals surface area contributed by atoms with Crippen LogP contribution in [0.4, 0.5) is 0 Å². The molecule has 4 heteroatoms. The standard InChI is InChI=1S/C50H34N4/c1-32-14-18-35(19-15-32)37-22-24-46-42(27-37)40-10-3-5-12-44(40)53(46)48-30-52-31-49(50(48)39-9-7-8-34(26-39)29-51)54-45-13-6-4-11-41(45)43-28-38(23-25-47(43)54)36-20-16-33(2)17-21-36/h3-28,30-31H,1-2H3. The van der Waals surface area contributed by atoms with Crippen LogP contribution in [0, 0.1) is 25.2 Å². The first-order valence-electron chi connectivity index (χ1n) is 18.3. The topological polar surface area (TPSA) is 46.5 Å². The predicted octanol–water partition coefficient (Wildman–Crippen LogP) is 12.8. The van der Waals surface area contributed by atoms with Gasteiger partial charge in [0.15, 0.2) is 0 Å². The van der Waals surface area contributed by atoms with E-state index >= 15 is 0 Å². The van der Waals surface area contributed by atoms with Gasteiger partial charge < -0.3 is 9.13 Å². The van der Waals surface area contributed by atoms with Crippen LogP contribution in [0.2, 0.25) is 0 Å². The molecule has 0 atom stereocenters. The highest BCUT2D eigenvalue weighted by molar-refractivity contribution is 6.13. The molecule has 0 unspecified atom stereocenters. The lowest BCUT2D eigenvalue weighted by Crippen LogP contribution is -2.05. The summed E-state index contributed by atoms with van der Waals surface area (Å²) >= 11 is 0. The maximum atomic E-state index is 10.1. The van der Waals surface area contributed by atoms with Gasteiger partial charge in [0.1, 0.15) is 0 Å². The fourth-order valence-corrected chi connectivity index (χ4v) is 8.13. The molecule has 3 aromatic heterocycles. The average Bonchev–Trinajstić information content (AvgIpc) is 3.73. The summed E-state index contributed by atoms with van der Waals surface area (Å²) in [4.78, 5) is 4.99. The zero-order valence-electron chi connectivity index (χ0n) is 30.0. The van der Waals surface area contributed by atoms with Crippen LogP contribution < -0.4 is 0 Å². The summed E-state index contributed by atoms with van der Waals surface area (Å²) in [7, 11) is 0. The predicted molar refractivity (Wildman–Crippen MR) is 223 cm³/mol. The van der Waals surface area contributed by atoms with E-state index in [4.69, 9.17) is 4.98 Å². The van der Waals surface area contributed by atoms with Gasteiger partial charge in [-0.2, -0.15) is 5.26 Å². The Bertz CT molecular complexity index is 2940. The Balaban J connectivity index is 1.28. The van der Waals surface area contributed by atoms with Crippen LogP contribution in [0.15, 0.2) is 170 Å². The first kappa shape index (κ1) is 31.5. The minimum atomic E-state index is 0.608. The Kier molecular flexibility index (Phi) is 7.28. The van der Waals surface area contributed by atoms with Crippen LogP contribution in [0.1, 0.15) is 16.7 Å². The van der Waals surface area contributed by atoms with Crippen molar-refractivity contribution >= 4 is 43.6 Å². The van der Waals surface area contributed by atoms with E-state index in [1.807, 2.05) is 30.6 Å². The number of hydrogen-bond donors (Lipinski definition) is 0. The number of nitrogens with zero attached hydrogens (tertiary/aromatic N) is 4. The van der Waals surface area contributed by atoms with E-state index in [-0.39, 0.29) is 0 Å². The largest absolute Gasteiger partial charge is 0.307 e. The molecule has 0 spiro atoms. The van der Waals surface area contributed by atoms with E-state index in [2.05, 4.69) is 169 Å². The second-order valence-corrected chi connectivity index (χ2v) is 14.1. The van der Waals surface area contributed by atoms with E-state index in [1.165, 1.54) is 54.9 Å². The highest BCUT2D eigenvalue weighted by Crippen LogP contribution is 2.43. The molecule has 0 aliphatic heterocycles. The number of para-hydroxylation sites is 2. The summed E-state index contributed by atoms with van der Waals surface area (Å²) < 4.78 is 4.69. The molecule has 0 aliphatic rings. The minimum Gasteiger partial charge on any atom is -0.307 e. The van der Waals surface area contributed by atoms with Gasteiger partial charge in [-0.05, 0) is 90.2 Å². The number of benzene rings is 7. The zero-order valence-corrected chi connectivity index (χ0v) is 30.0. The maximum Gasteiger partial charge on any atom is 0.0991 e. The van der Waals surface area contributed by atoms with E-state index in [1.54, 1.807) is 0 Å². The fourth-order valence-electron chi connectivity index (χ4n) is 8.13.